The molecule has 2 heterocycles. The number of benzene rings is 3. The smallest absolute Gasteiger partial charge is 0.146 e. The zero-order valence-corrected chi connectivity index (χ0v) is 14.0. The second-order valence-corrected chi connectivity index (χ2v) is 6.38. The molecule has 1 aliphatic rings. The third-order valence-electron chi connectivity index (χ3n) is 4.80. The Morgan fingerprint density at radius 3 is 2.44 bits per heavy atom. The van der Waals surface area contributed by atoms with Crippen LogP contribution in [0.4, 0.5) is 5.69 Å². The molecule has 0 fully saturated rings. The second-order valence-electron chi connectivity index (χ2n) is 6.38. The summed E-state index contributed by atoms with van der Waals surface area (Å²) in [6.07, 6.45) is 0.854. The van der Waals surface area contributed by atoms with Crippen molar-refractivity contribution in [1.82, 2.24) is 9.55 Å². The van der Waals surface area contributed by atoms with E-state index in [4.69, 9.17) is 9.98 Å². The van der Waals surface area contributed by atoms with Gasteiger partial charge < -0.3 is 0 Å². The number of aromatic nitrogens is 2. The largest absolute Gasteiger partial charge is 0.280 e. The molecule has 0 atom stereocenters. The molecule has 25 heavy (non-hydrogen) atoms. The maximum atomic E-state index is 4.95. The van der Waals surface area contributed by atoms with Gasteiger partial charge in [0.1, 0.15) is 11.7 Å². The van der Waals surface area contributed by atoms with Gasteiger partial charge in [-0.05, 0) is 36.2 Å². The molecule has 0 bridgehead atoms. The van der Waals surface area contributed by atoms with E-state index in [0.29, 0.717) is 0 Å². The molecule has 4 aromatic rings. The average Bonchev–Trinajstić information content (AvgIpc) is 3.04. The van der Waals surface area contributed by atoms with E-state index in [1.807, 2.05) is 12.1 Å². The molecule has 0 N–H and O–H groups in total. The predicted octanol–water partition coefficient (Wildman–Crippen LogP) is 5.21. The van der Waals surface area contributed by atoms with Crippen LogP contribution in [0, 0.1) is 0 Å². The molecule has 5 rings (SSSR count). The van der Waals surface area contributed by atoms with Crippen molar-refractivity contribution < 1.29 is 0 Å². The zero-order chi connectivity index (χ0) is 16.8. The van der Waals surface area contributed by atoms with Gasteiger partial charge in [-0.15, -0.1) is 0 Å². The first kappa shape index (κ1) is 14.2. The fraction of sp³-hybridized carbons (Fsp3) is 0.0909. The van der Waals surface area contributed by atoms with Crippen molar-refractivity contribution in [2.75, 3.05) is 0 Å². The molecule has 3 nitrogen and oxygen atoms in total. The fourth-order valence-corrected chi connectivity index (χ4v) is 3.63. The highest BCUT2D eigenvalue weighted by Crippen LogP contribution is 2.33. The van der Waals surface area contributed by atoms with Crippen molar-refractivity contribution in [3.05, 3.63) is 83.9 Å². The topological polar surface area (TPSA) is 30.2 Å². The van der Waals surface area contributed by atoms with Crippen LogP contribution in [-0.4, -0.2) is 15.4 Å². The molecular formula is C22H17N3. The summed E-state index contributed by atoms with van der Waals surface area (Å²) in [5.74, 6) is 1.90. The molecular weight excluding hydrogens is 306 g/mol. The minimum atomic E-state index is 0.854. The summed E-state index contributed by atoms with van der Waals surface area (Å²) in [6.45, 7) is 2.06. The van der Waals surface area contributed by atoms with E-state index in [1.165, 1.54) is 16.7 Å². The van der Waals surface area contributed by atoms with Gasteiger partial charge in [0.15, 0.2) is 0 Å². The molecule has 0 radical (unpaired) electrons. The monoisotopic (exact) mass is 323 g/mol. The van der Waals surface area contributed by atoms with Gasteiger partial charge in [-0.25, -0.2) is 9.98 Å². The van der Waals surface area contributed by atoms with Crippen LogP contribution in [0.5, 0.6) is 0 Å². The quantitative estimate of drug-likeness (QED) is 0.437. The Labute approximate surface area is 146 Å². The summed E-state index contributed by atoms with van der Waals surface area (Å²) in [4.78, 5) is 9.88. The number of rotatable bonds is 0. The lowest BCUT2D eigenvalue weighted by Gasteiger charge is -2.10. The fourth-order valence-electron chi connectivity index (χ4n) is 3.63. The molecule has 1 aromatic heterocycles. The van der Waals surface area contributed by atoms with Crippen molar-refractivity contribution in [2.24, 2.45) is 4.99 Å². The Kier molecular flexibility index (Phi) is 3.07. The Bertz CT molecular complexity index is 1130. The molecule has 0 spiro atoms. The lowest BCUT2D eigenvalue weighted by molar-refractivity contribution is 1.15. The number of para-hydroxylation sites is 3. The molecule has 120 valence electrons. The van der Waals surface area contributed by atoms with Crippen LogP contribution in [0.1, 0.15) is 18.1 Å². The van der Waals surface area contributed by atoms with Gasteiger partial charge in [0.05, 0.1) is 16.7 Å². The summed E-state index contributed by atoms with van der Waals surface area (Å²) in [5, 5.41) is 0. The van der Waals surface area contributed by atoms with Gasteiger partial charge in [0, 0.05) is 12.0 Å². The Balaban J connectivity index is 1.93. The third-order valence-corrected chi connectivity index (χ3v) is 4.80. The molecule has 3 heteroatoms. The number of aliphatic imine (C=N–C) groups is 1. The first-order valence-electron chi connectivity index (χ1n) is 8.50. The van der Waals surface area contributed by atoms with E-state index in [9.17, 15) is 0 Å². The van der Waals surface area contributed by atoms with Crippen molar-refractivity contribution in [3.63, 3.8) is 0 Å². The normalized spacial score (nSPS) is 13.1. The molecule has 1 aliphatic heterocycles. The van der Waals surface area contributed by atoms with Crippen molar-refractivity contribution in [1.29, 1.82) is 0 Å². The second kappa shape index (κ2) is 5.42. The summed E-state index contributed by atoms with van der Waals surface area (Å²) in [7, 11) is 0. The van der Waals surface area contributed by atoms with E-state index in [1.54, 1.807) is 0 Å². The van der Waals surface area contributed by atoms with E-state index < -0.39 is 0 Å². The Morgan fingerprint density at radius 1 is 0.800 bits per heavy atom. The number of hydrogen-bond acceptors (Lipinski definition) is 2. The SMILES string of the molecule is CC1=Nc2ccccc2Cc2ccccc2-c2nc3ccccc3n21. The highest BCUT2D eigenvalue weighted by atomic mass is 15.1. The molecule has 3 aromatic carbocycles. The summed E-state index contributed by atoms with van der Waals surface area (Å²) in [5.41, 5.74) is 6.80. The van der Waals surface area contributed by atoms with Crippen LogP contribution >= 0.6 is 0 Å². The molecule has 0 unspecified atom stereocenters. The number of imidazole rings is 1. The first-order valence-corrected chi connectivity index (χ1v) is 8.50. The van der Waals surface area contributed by atoms with E-state index in [2.05, 4.69) is 72.2 Å². The van der Waals surface area contributed by atoms with Crippen molar-refractivity contribution >= 4 is 22.6 Å². The van der Waals surface area contributed by atoms with Gasteiger partial charge in [0.2, 0.25) is 0 Å². The lowest BCUT2D eigenvalue weighted by Crippen LogP contribution is -2.09. The summed E-state index contributed by atoms with van der Waals surface area (Å²) < 4.78 is 2.18. The minimum absolute atomic E-state index is 0.854. The van der Waals surface area contributed by atoms with Crippen LogP contribution in [0.25, 0.3) is 22.4 Å². The van der Waals surface area contributed by atoms with Gasteiger partial charge in [0.25, 0.3) is 0 Å². The maximum absolute atomic E-state index is 4.95. The Morgan fingerprint density at radius 2 is 1.52 bits per heavy atom. The number of nitrogens with zero attached hydrogens (tertiary/aromatic N) is 3. The van der Waals surface area contributed by atoms with Crippen LogP contribution in [-0.2, 0) is 6.42 Å². The third kappa shape index (κ3) is 2.20. The first-order chi connectivity index (χ1) is 12.3. The van der Waals surface area contributed by atoms with Crippen molar-refractivity contribution in [2.45, 2.75) is 13.3 Å². The standard InChI is InChI=1S/C22H17N3/c1-15-23-19-11-5-3-9-17(19)14-16-8-2-4-10-18(16)22-24-20-12-6-7-13-21(20)25(15)22/h2-13H,14H2,1H3. The predicted molar refractivity (Wildman–Crippen MR) is 103 cm³/mol. The number of hydrogen-bond donors (Lipinski definition) is 0. The maximum Gasteiger partial charge on any atom is 0.146 e. The highest BCUT2D eigenvalue weighted by molar-refractivity contribution is 5.98. The van der Waals surface area contributed by atoms with Gasteiger partial charge in [-0.2, -0.15) is 0 Å². The van der Waals surface area contributed by atoms with Gasteiger partial charge >= 0.3 is 0 Å². The zero-order valence-electron chi connectivity index (χ0n) is 14.0. The molecule has 0 aliphatic carbocycles. The van der Waals surface area contributed by atoms with Crippen molar-refractivity contribution in [3.8, 4) is 11.4 Å². The van der Waals surface area contributed by atoms with E-state index >= 15 is 0 Å². The summed E-state index contributed by atoms with van der Waals surface area (Å²) in [6, 6.07) is 25.2. The number of fused-ring (bicyclic) bond motifs is 6. The molecule has 0 saturated heterocycles. The lowest BCUT2D eigenvalue weighted by atomic mass is 9.98. The van der Waals surface area contributed by atoms with Crippen LogP contribution in [0.3, 0.4) is 0 Å². The average molecular weight is 323 g/mol. The molecule has 0 amide bonds. The van der Waals surface area contributed by atoms with Crippen LogP contribution in [0.15, 0.2) is 77.8 Å². The van der Waals surface area contributed by atoms with Gasteiger partial charge in [-0.1, -0.05) is 54.6 Å². The van der Waals surface area contributed by atoms with Gasteiger partial charge in [-0.3, -0.25) is 4.57 Å². The van der Waals surface area contributed by atoms with E-state index in [-0.39, 0.29) is 0 Å². The Hall–Kier alpha value is -3.20. The van der Waals surface area contributed by atoms with E-state index in [0.717, 1.165) is 34.8 Å². The van der Waals surface area contributed by atoms with Crippen LogP contribution in [0.2, 0.25) is 0 Å². The minimum Gasteiger partial charge on any atom is -0.280 e. The highest BCUT2D eigenvalue weighted by Gasteiger charge is 2.19. The summed E-state index contributed by atoms with van der Waals surface area (Å²) >= 11 is 0. The van der Waals surface area contributed by atoms with Crippen LogP contribution < -0.4 is 0 Å². The molecule has 0 saturated carbocycles.